The Hall–Kier alpha value is -2.34. The van der Waals surface area contributed by atoms with Crippen molar-refractivity contribution in [3.8, 4) is 11.1 Å². The second kappa shape index (κ2) is 10.1. The summed E-state index contributed by atoms with van der Waals surface area (Å²) >= 11 is 0. The van der Waals surface area contributed by atoms with Crippen molar-refractivity contribution in [2.75, 3.05) is 0 Å². The molecular formula is C30H40. The summed E-state index contributed by atoms with van der Waals surface area (Å²) in [4.78, 5) is 0. The van der Waals surface area contributed by atoms with Gasteiger partial charge < -0.3 is 0 Å². The van der Waals surface area contributed by atoms with E-state index in [1.165, 1.54) is 35.1 Å². The summed E-state index contributed by atoms with van der Waals surface area (Å²) in [6.45, 7) is 17.3. The number of benzene rings is 3. The van der Waals surface area contributed by atoms with Crippen LogP contribution in [0.4, 0.5) is 0 Å². The maximum absolute atomic E-state index is 2.34. The molecule has 2 aliphatic rings. The third-order valence-corrected chi connectivity index (χ3v) is 5.95. The van der Waals surface area contributed by atoms with Gasteiger partial charge in [0.05, 0.1) is 0 Å². The molecule has 0 fully saturated rings. The Morgan fingerprint density at radius 2 is 0.833 bits per heavy atom. The van der Waals surface area contributed by atoms with E-state index < -0.39 is 0 Å². The van der Waals surface area contributed by atoms with Crippen molar-refractivity contribution < 1.29 is 0 Å². The molecule has 0 aliphatic heterocycles. The highest BCUT2D eigenvalue weighted by Crippen LogP contribution is 2.48. The highest BCUT2D eigenvalue weighted by Gasteiger charge is 2.34. The Bertz CT molecular complexity index is 869. The van der Waals surface area contributed by atoms with Gasteiger partial charge in [-0.05, 0) is 51.6 Å². The highest BCUT2D eigenvalue weighted by atomic mass is 14.4. The predicted molar refractivity (Wildman–Crippen MR) is 134 cm³/mol. The van der Waals surface area contributed by atoms with Gasteiger partial charge in [0, 0.05) is 5.41 Å². The van der Waals surface area contributed by atoms with Crippen LogP contribution in [-0.4, -0.2) is 0 Å². The summed E-state index contributed by atoms with van der Waals surface area (Å²) in [5.74, 6) is 0. The number of rotatable bonds is 0. The topological polar surface area (TPSA) is 0 Å². The van der Waals surface area contributed by atoms with E-state index in [2.05, 4.69) is 100 Å². The zero-order valence-electron chi connectivity index (χ0n) is 20.3. The highest BCUT2D eigenvalue weighted by molar-refractivity contribution is 5.80. The fourth-order valence-electron chi connectivity index (χ4n) is 4.67. The molecule has 0 radical (unpaired) electrons. The lowest BCUT2D eigenvalue weighted by Crippen LogP contribution is -2.14. The molecule has 3 aromatic rings. The molecule has 0 spiro atoms. The van der Waals surface area contributed by atoms with Crippen LogP contribution >= 0.6 is 0 Å². The molecule has 160 valence electrons. The first-order valence-corrected chi connectivity index (χ1v) is 11.6. The molecule has 0 aromatic heterocycles. The van der Waals surface area contributed by atoms with Crippen LogP contribution in [0.25, 0.3) is 11.1 Å². The van der Waals surface area contributed by atoms with Crippen LogP contribution in [0.1, 0.15) is 77.6 Å². The van der Waals surface area contributed by atoms with Gasteiger partial charge in [-0.25, -0.2) is 0 Å². The molecule has 2 aliphatic carbocycles. The van der Waals surface area contributed by atoms with Crippen molar-refractivity contribution >= 4 is 0 Å². The van der Waals surface area contributed by atoms with Crippen LogP contribution in [0, 0.1) is 5.41 Å². The van der Waals surface area contributed by atoms with Gasteiger partial charge >= 0.3 is 0 Å². The summed E-state index contributed by atoms with van der Waals surface area (Å²) in [6, 6.07) is 26.2. The Kier molecular flexibility index (Phi) is 8.07. The zero-order chi connectivity index (χ0) is 22.4. The van der Waals surface area contributed by atoms with Crippen molar-refractivity contribution in [1.82, 2.24) is 0 Å². The number of fused-ring (bicyclic) bond motifs is 4. The van der Waals surface area contributed by atoms with Crippen molar-refractivity contribution in [3.05, 3.63) is 95.1 Å². The summed E-state index contributed by atoms with van der Waals surface area (Å²) in [7, 11) is 0. The number of hydrogen-bond donors (Lipinski definition) is 0. The Labute approximate surface area is 185 Å². The summed E-state index contributed by atoms with van der Waals surface area (Å²) in [5, 5.41) is 0. The van der Waals surface area contributed by atoms with Gasteiger partial charge in [0.25, 0.3) is 0 Å². The molecule has 0 heterocycles. The minimum atomic E-state index is 0.160. The van der Waals surface area contributed by atoms with Crippen LogP contribution in [0.15, 0.2) is 72.8 Å². The quantitative estimate of drug-likeness (QED) is 0.353. The Morgan fingerprint density at radius 1 is 0.500 bits per heavy atom. The lowest BCUT2D eigenvalue weighted by molar-refractivity contribution is 0.392. The molecule has 3 aromatic carbocycles. The van der Waals surface area contributed by atoms with Gasteiger partial charge in [0.15, 0.2) is 0 Å². The fourth-order valence-corrected chi connectivity index (χ4v) is 4.67. The van der Waals surface area contributed by atoms with Crippen molar-refractivity contribution in [1.29, 1.82) is 0 Å². The maximum Gasteiger partial charge on any atom is 0.0158 e. The largest absolute Gasteiger partial charge is 0.0683 e. The lowest BCUT2D eigenvalue weighted by atomic mass is 9.82. The van der Waals surface area contributed by atoms with Crippen LogP contribution in [-0.2, 0) is 18.3 Å². The SMILES string of the molecule is CC.CC.CC1(C)Cc2ccccc2C1.CC1(C)c2ccccc2-c2ccccc21. The molecule has 0 atom stereocenters. The predicted octanol–water partition coefficient (Wildman–Crippen LogP) is 8.86. The Morgan fingerprint density at radius 3 is 1.23 bits per heavy atom. The minimum absolute atomic E-state index is 0.160. The average Bonchev–Trinajstić information content (AvgIpc) is 3.22. The van der Waals surface area contributed by atoms with Crippen LogP contribution < -0.4 is 0 Å². The molecule has 0 heteroatoms. The number of hydrogen-bond acceptors (Lipinski definition) is 0. The smallest absolute Gasteiger partial charge is 0.0158 e. The van der Waals surface area contributed by atoms with E-state index in [0.717, 1.165) is 0 Å². The second-order valence-electron chi connectivity index (χ2n) is 9.00. The molecular weight excluding hydrogens is 360 g/mol. The average molecular weight is 401 g/mol. The molecule has 0 unspecified atom stereocenters. The van der Waals surface area contributed by atoms with Crippen molar-refractivity contribution in [2.24, 2.45) is 5.41 Å². The van der Waals surface area contributed by atoms with E-state index in [1.807, 2.05) is 27.7 Å². The molecule has 0 N–H and O–H groups in total. The molecule has 0 saturated heterocycles. The van der Waals surface area contributed by atoms with Gasteiger partial charge in [-0.3, -0.25) is 0 Å². The first-order chi connectivity index (χ1) is 14.4. The molecule has 0 bridgehead atoms. The first-order valence-electron chi connectivity index (χ1n) is 11.6. The standard InChI is InChI=1S/C15H14.C11H14.2C2H6/c1-15(2)13-9-5-3-7-11(13)12-8-4-6-10-14(12)15;1-11(2)7-9-5-3-4-6-10(9)8-11;2*1-2/h3-10H,1-2H3;3-6H,7-8H2,1-2H3;2*1-2H3. The minimum Gasteiger partial charge on any atom is -0.0683 e. The van der Waals surface area contributed by atoms with Crippen molar-refractivity contribution in [3.63, 3.8) is 0 Å². The van der Waals surface area contributed by atoms with E-state index in [1.54, 1.807) is 11.1 Å². The third kappa shape index (κ3) is 4.86. The van der Waals surface area contributed by atoms with Crippen LogP contribution in [0.3, 0.4) is 0 Å². The van der Waals surface area contributed by atoms with E-state index in [-0.39, 0.29) is 5.41 Å². The van der Waals surface area contributed by atoms with Crippen molar-refractivity contribution in [2.45, 2.75) is 73.6 Å². The summed E-state index contributed by atoms with van der Waals surface area (Å²) < 4.78 is 0. The van der Waals surface area contributed by atoms with E-state index in [9.17, 15) is 0 Å². The van der Waals surface area contributed by atoms with Crippen LogP contribution in [0.2, 0.25) is 0 Å². The van der Waals surface area contributed by atoms with Gasteiger partial charge in [0.1, 0.15) is 0 Å². The van der Waals surface area contributed by atoms with Gasteiger partial charge in [-0.2, -0.15) is 0 Å². The molecule has 0 amide bonds. The van der Waals surface area contributed by atoms with E-state index in [0.29, 0.717) is 5.41 Å². The summed E-state index contributed by atoms with van der Waals surface area (Å²) in [6.07, 6.45) is 2.51. The van der Waals surface area contributed by atoms with E-state index >= 15 is 0 Å². The summed E-state index contributed by atoms with van der Waals surface area (Å²) in [5.41, 5.74) is 9.47. The third-order valence-electron chi connectivity index (χ3n) is 5.95. The lowest BCUT2D eigenvalue weighted by Gasteiger charge is -2.20. The second-order valence-corrected chi connectivity index (χ2v) is 9.00. The monoisotopic (exact) mass is 400 g/mol. The Balaban J connectivity index is 0.000000190. The molecule has 0 saturated carbocycles. The molecule has 5 rings (SSSR count). The maximum atomic E-state index is 2.34. The van der Waals surface area contributed by atoms with Gasteiger partial charge in [-0.15, -0.1) is 0 Å². The molecule has 0 nitrogen and oxygen atoms in total. The normalized spacial score (nSPS) is 15.6. The molecule has 30 heavy (non-hydrogen) atoms. The van der Waals surface area contributed by atoms with Gasteiger partial charge in [0.2, 0.25) is 0 Å². The zero-order valence-corrected chi connectivity index (χ0v) is 20.3. The van der Waals surface area contributed by atoms with Crippen LogP contribution in [0.5, 0.6) is 0 Å². The van der Waals surface area contributed by atoms with Gasteiger partial charge in [-0.1, -0.05) is 128 Å². The first kappa shape index (κ1) is 23.9. The van der Waals surface area contributed by atoms with E-state index in [4.69, 9.17) is 0 Å². The fraction of sp³-hybridized carbons (Fsp3) is 0.400.